The highest BCUT2D eigenvalue weighted by atomic mass is 14.9. The van der Waals surface area contributed by atoms with Gasteiger partial charge in [-0.05, 0) is 42.1 Å². The number of benzene rings is 2. The Kier molecular flexibility index (Phi) is 4.77. The molecule has 1 nitrogen and oxygen atoms in total. The van der Waals surface area contributed by atoms with Gasteiger partial charge in [-0.25, -0.2) is 0 Å². The molecule has 2 aromatic rings. The van der Waals surface area contributed by atoms with Crippen molar-refractivity contribution in [3.05, 3.63) is 48.0 Å². The Hall–Kier alpha value is -1.34. The fourth-order valence-corrected chi connectivity index (χ4v) is 2.58. The monoisotopic (exact) mass is 241 g/mol. The highest BCUT2D eigenvalue weighted by molar-refractivity contribution is 5.85. The number of aryl methyl sites for hydroxylation is 1. The van der Waals surface area contributed by atoms with E-state index in [2.05, 4.69) is 61.6 Å². The normalized spacial score (nSPS) is 12.8. The number of nitrogens with one attached hydrogen (secondary N) is 1. The van der Waals surface area contributed by atoms with Crippen molar-refractivity contribution < 1.29 is 0 Å². The lowest BCUT2D eigenvalue weighted by Gasteiger charge is -2.16. The first-order valence-electron chi connectivity index (χ1n) is 7.05. The summed E-state index contributed by atoms with van der Waals surface area (Å²) in [4.78, 5) is 0. The summed E-state index contributed by atoms with van der Waals surface area (Å²) in [5.41, 5.74) is 1.48. The van der Waals surface area contributed by atoms with Crippen molar-refractivity contribution in [2.24, 2.45) is 0 Å². The lowest BCUT2D eigenvalue weighted by Crippen LogP contribution is -2.28. The van der Waals surface area contributed by atoms with E-state index in [9.17, 15) is 0 Å². The van der Waals surface area contributed by atoms with Crippen molar-refractivity contribution in [1.29, 1.82) is 0 Å². The van der Waals surface area contributed by atoms with Crippen LogP contribution in [0.15, 0.2) is 42.5 Å². The number of hydrogen-bond donors (Lipinski definition) is 1. The van der Waals surface area contributed by atoms with Crippen LogP contribution in [0.25, 0.3) is 10.8 Å². The van der Waals surface area contributed by atoms with Gasteiger partial charge in [0.25, 0.3) is 0 Å². The van der Waals surface area contributed by atoms with E-state index in [0.717, 1.165) is 13.0 Å². The van der Waals surface area contributed by atoms with Gasteiger partial charge in [-0.2, -0.15) is 0 Å². The van der Waals surface area contributed by atoms with Crippen LogP contribution in [0.3, 0.4) is 0 Å². The first kappa shape index (κ1) is 13.1. The lowest BCUT2D eigenvalue weighted by atomic mass is 9.98. The van der Waals surface area contributed by atoms with Gasteiger partial charge in [-0.1, -0.05) is 56.3 Å². The third-order valence-corrected chi connectivity index (χ3v) is 3.63. The molecule has 1 heteroatoms. The molecule has 1 N–H and O–H groups in total. The summed E-state index contributed by atoms with van der Waals surface area (Å²) in [6.45, 7) is 5.51. The van der Waals surface area contributed by atoms with Crippen LogP contribution in [-0.4, -0.2) is 12.6 Å². The average molecular weight is 241 g/mol. The first-order chi connectivity index (χ1) is 8.85. The van der Waals surface area contributed by atoms with E-state index in [1.807, 2.05) is 0 Å². The average Bonchev–Trinajstić information content (AvgIpc) is 2.43. The fourth-order valence-electron chi connectivity index (χ4n) is 2.58. The van der Waals surface area contributed by atoms with Crippen molar-refractivity contribution >= 4 is 10.8 Å². The van der Waals surface area contributed by atoms with Gasteiger partial charge in [-0.3, -0.25) is 0 Å². The summed E-state index contributed by atoms with van der Waals surface area (Å²) in [5.74, 6) is 0. The van der Waals surface area contributed by atoms with Gasteiger partial charge in [-0.15, -0.1) is 0 Å². The third kappa shape index (κ3) is 3.11. The van der Waals surface area contributed by atoms with Gasteiger partial charge in [0.15, 0.2) is 0 Å². The van der Waals surface area contributed by atoms with Crippen LogP contribution in [0.5, 0.6) is 0 Å². The minimum Gasteiger partial charge on any atom is -0.314 e. The maximum Gasteiger partial charge on any atom is 0.00674 e. The molecule has 2 rings (SSSR count). The molecule has 0 amide bonds. The summed E-state index contributed by atoms with van der Waals surface area (Å²) in [7, 11) is 0. The predicted octanol–water partition coefficient (Wildman–Crippen LogP) is 4.16. The standard InChI is InChI=1S/C17H23N/c1-3-16(18-4-2)13-12-15-10-7-9-14-8-5-6-11-17(14)15/h5-11,16,18H,3-4,12-13H2,1-2H3. The van der Waals surface area contributed by atoms with E-state index >= 15 is 0 Å². The van der Waals surface area contributed by atoms with Gasteiger partial charge < -0.3 is 5.32 Å². The Bertz CT molecular complexity index is 484. The molecule has 0 aromatic heterocycles. The summed E-state index contributed by atoms with van der Waals surface area (Å²) in [5, 5.41) is 6.31. The minimum absolute atomic E-state index is 0.647. The van der Waals surface area contributed by atoms with Crippen LogP contribution in [-0.2, 0) is 6.42 Å². The van der Waals surface area contributed by atoms with Gasteiger partial charge in [0.05, 0.1) is 0 Å². The molecule has 0 bridgehead atoms. The molecule has 0 aliphatic heterocycles. The maximum absolute atomic E-state index is 3.55. The first-order valence-corrected chi connectivity index (χ1v) is 7.05. The van der Waals surface area contributed by atoms with Crippen LogP contribution in [0.4, 0.5) is 0 Å². The van der Waals surface area contributed by atoms with Gasteiger partial charge in [0.2, 0.25) is 0 Å². The largest absolute Gasteiger partial charge is 0.314 e. The summed E-state index contributed by atoms with van der Waals surface area (Å²) < 4.78 is 0. The quantitative estimate of drug-likeness (QED) is 0.800. The molecule has 0 spiro atoms. The number of hydrogen-bond acceptors (Lipinski definition) is 1. The number of fused-ring (bicyclic) bond motifs is 1. The van der Waals surface area contributed by atoms with Crippen LogP contribution >= 0.6 is 0 Å². The lowest BCUT2D eigenvalue weighted by molar-refractivity contribution is 0.481. The van der Waals surface area contributed by atoms with Crippen LogP contribution in [0.2, 0.25) is 0 Å². The highest BCUT2D eigenvalue weighted by Gasteiger charge is 2.06. The van der Waals surface area contributed by atoms with Crippen molar-refractivity contribution in [3.63, 3.8) is 0 Å². The number of rotatable bonds is 6. The smallest absolute Gasteiger partial charge is 0.00674 e. The molecule has 0 aliphatic rings. The van der Waals surface area contributed by atoms with Crippen molar-refractivity contribution in [1.82, 2.24) is 5.32 Å². The summed E-state index contributed by atoms with van der Waals surface area (Å²) in [6.07, 6.45) is 3.59. The Morgan fingerprint density at radius 3 is 2.56 bits per heavy atom. The molecule has 0 saturated heterocycles. The van der Waals surface area contributed by atoms with Crippen LogP contribution in [0, 0.1) is 0 Å². The molecular weight excluding hydrogens is 218 g/mol. The maximum atomic E-state index is 3.55. The van der Waals surface area contributed by atoms with Crippen molar-refractivity contribution in [3.8, 4) is 0 Å². The van der Waals surface area contributed by atoms with Crippen molar-refractivity contribution in [2.45, 2.75) is 39.2 Å². The second-order valence-corrected chi connectivity index (χ2v) is 4.84. The topological polar surface area (TPSA) is 12.0 Å². The van der Waals surface area contributed by atoms with Gasteiger partial charge in [0.1, 0.15) is 0 Å². The Morgan fingerprint density at radius 2 is 1.78 bits per heavy atom. The fraction of sp³-hybridized carbons (Fsp3) is 0.412. The zero-order valence-corrected chi connectivity index (χ0v) is 11.4. The molecule has 0 heterocycles. The molecule has 96 valence electrons. The van der Waals surface area contributed by atoms with E-state index in [-0.39, 0.29) is 0 Å². The molecule has 1 atom stereocenters. The molecule has 1 unspecified atom stereocenters. The van der Waals surface area contributed by atoms with E-state index < -0.39 is 0 Å². The van der Waals surface area contributed by atoms with Crippen LogP contribution < -0.4 is 5.32 Å². The zero-order valence-electron chi connectivity index (χ0n) is 11.4. The second kappa shape index (κ2) is 6.55. The van der Waals surface area contributed by atoms with E-state index in [0.29, 0.717) is 6.04 Å². The zero-order chi connectivity index (χ0) is 12.8. The Morgan fingerprint density at radius 1 is 1.00 bits per heavy atom. The third-order valence-electron chi connectivity index (χ3n) is 3.63. The Labute approximate surface area is 110 Å². The predicted molar refractivity (Wildman–Crippen MR) is 80.0 cm³/mol. The SMILES string of the molecule is CCNC(CC)CCc1cccc2ccccc12. The molecule has 18 heavy (non-hydrogen) atoms. The van der Waals surface area contributed by atoms with Gasteiger partial charge >= 0.3 is 0 Å². The highest BCUT2D eigenvalue weighted by Crippen LogP contribution is 2.20. The van der Waals surface area contributed by atoms with Crippen molar-refractivity contribution in [2.75, 3.05) is 6.54 Å². The molecular formula is C17H23N. The van der Waals surface area contributed by atoms with E-state index in [4.69, 9.17) is 0 Å². The molecule has 2 aromatic carbocycles. The minimum atomic E-state index is 0.647. The summed E-state index contributed by atoms with van der Waals surface area (Å²) in [6, 6.07) is 16.0. The second-order valence-electron chi connectivity index (χ2n) is 4.84. The summed E-state index contributed by atoms with van der Waals surface area (Å²) >= 11 is 0. The molecule has 0 fully saturated rings. The molecule has 0 saturated carbocycles. The molecule has 0 aliphatic carbocycles. The molecule has 0 radical (unpaired) electrons. The van der Waals surface area contributed by atoms with E-state index in [1.54, 1.807) is 0 Å². The van der Waals surface area contributed by atoms with E-state index in [1.165, 1.54) is 29.2 Å². The van der Waals surface area contributed by atoms with Crippen LogP contribution in [0.1, 0.15) is 32.3 Å². The Balaban J connectivity index is 2.11. The van der Waals surface area contributed by atoms with Gasteiger partial charge in [0, 0.05) is 6.04 Å².